The fourth-order valence-corrected chi connectivity index (χ4v) is 4.78. The fourth-order valence-electron chi connectivity index (χ4n) is 4.78. The summed E-state index contributed by atoms with van der Waals surface area (Å²) in [6.07, 6.45) is -0.238. The van der Waals surface area contributed by atoms with Crippen LogP contribution >= 0.6 is 0 Å². The number of carboxylic acids is 1. The summed E-state index contributed by atoms with van der Waals surface area (Å²) in [4.78, 5) is 68.6. The Morgan fingerprint density at radius 2 is 1.49 bits per heavy atom. The molecular formula is C38H44N4O9. The number of carbonyl (C=O) groups is 5. The minimum absolute atomic E-state index is 0.0401. The maximum Gasteiger partial charge on any atom is 0.352 e. The number of epoxide rings is 1. The predicted molar refractivity (Wildman–Crippen MR) is 188 cm³/mol. The van der Waals surface area contributed by atoms with Crippen molar-refractivity contribution in [2.75, 3.05) is 6.54 Å². The lowest BCUT2D eigenvalue weighted by atomic mass is 10.1. The van der Waals surface area contributed by atoms with Gasteiger partial charge in [0.25, 0.3) is 11.8 Å². The maximum atomic E-state index is 13.1. The summed E-state index contributed by atoms with van der Waals surface area (Å²) in [5.41, 5.74) is 3.88. The van der Waals surface area contributed by atoms with E-state index in [1.807, 2.05) is 60.7 Å². The van der Waals surface area contributed by atoms with Crippen molar-refractivity contribution >= 4 is 35.7 Å². The first-order valence-corrected chi connectivity index (χ1v) is 16.6. The second-order valence-corrected chi connectivity index (χ2v) is 12.9. The number of benzene rings is 3. The van der Waals surface area contributed by atoms with Gasteiger partial charge in [0.15, 0.2) is 12.2 Å². The van der Waals surface area contributed by atoms with Crippen molar-refractivity contribution in [3.63, 3.8) is 0 Å². The van der Waals surface area contributed by atoms with Crippen molar-refractivity contribution in [3.8, 4) is 5.75 Å². The number of hydrogen-bond donors (Lipinski definition) is 5. The number of hydroxylamine groups is 1. The highest BCUT2D eigenvalue weighted by Gasteiger charge is 2.51. The SMILES string of the molecule is CC(C)(C)ONC(=O)CCC[C@@H](NC(=O)[C@H]1O[C@@H]1C(=O)N/C(=C/c1ccc(OCc2ccccc2)cc1)C(=O)O)C(=O)NCCc1ccccc1. The Balaban J connectivity index is 1.30. The molecule has 0 unspecified atom stereocenters. The number of amides is 4. The average molecular weight is 701 g/mol. The summed E-state index contributed by atoms with van der Waals surface area (Å²) in [7, 11) is 0. The molecule has 1 heterocycles. The molecule has 0 radical (unpaired) electrons. The molecule has 51 heavy (non-hydrogen) atoms. The van der Waals surface area contributed by atoms with Crippen LogP contribution in [0.25, 0.3) is 6.08 Å². The molecule has 3 atom stereocenters. The molecule has 0 saturated carbocycles. The van der Waals surface area contributed by atoms with Gasteiger partial charge in [0.05, 0.1) is 5.60 Å². The zero-order chi connectivity index (χ0) is 36.8. The molecule has 1 fully saturated rings. The van der Waals surface area contributed by atoms with E-state index in [9.17, 15) is 29.1 Å². The van der Waals surface area contributed by atoms with Crippen LogP contribution in [-0.4, -0.2) is 65.1 Å². The number of aliphatic carboxylic acids is 1. The first-order chi connectivity index (χ1) is 24.4. The average Bonchev–Trinajstić information content (AvgIpc) is 3.92. The van der Waals surface area contributed by atoms with Gasteiger partial charge in [0, 0.05) is 13.0 Å². The van der Waals surface area contributed by atoms with E-state index in [-0.39, 0.29) is 25.2 Å². The highest BCUT2D eigenvalue weighted by Crippen LogP contribution is 2.24. The van der Waals surface area contributed by atoms with Gasteiger partial charge >= 0.3 is 5.97 Å². The molecule has 4 amide bonds. The van der Waals surface area contributed by atoms with Gasteiger partial charge in [-0.05, 0) is 74.9 Å². The van der Waals surface area contributed by atoms with Gasteiger partial charge in [-0.3, -0.25) is 24.0 Å². The van der Waals surface area contributed by atoms with Crippen LogP contribution < -0.4 is 26.2 Å². The van der Waals surface area contributed by atoms with E-state index in [4.69, 9.17) is 14.3 Å². The quantitative estimate of drug-likeness (QED) is 0.0754. The van der Waals surface area contributed by atoms with Crippen molar-refractivity contribution in [3.05, 3.63) is 107 Å². The third-order valence-corrected chi connectivity index (χ3v) is 7.49. The van der Waals surface area contributed by atoms with E-state index in [1.165, 1.54) is 6.08 Å². The summed E-state index contributed by atoms with van der Waals surface area (Å²) in [5.74, 6) is -3.19. The van der Waals surface area contributed by atoms with Crippen LogP contribution in [0.3, 0.4) is 0 Å². The standard InChI is InChI=1S/C38H44N4O9/c1-38(2,3)51-42-31(43)16-10-15-29(34(44)39-22-21-25-11-6-4-7-12-25)40-35(45)32-33(50-32)36(46)41-30(37(47)48)23-26-17-19-28(20-18-26)49-24-27-13-8-5-9-14-27/h4-9,11-14,17-20,23,29,32-33H,10,15-16,21-22,24H2,1-3H3,(H,39,44)(H,40,45)(H,41,46)(H,42,43)(H,47,48)/b30-23+/t29-,32+,33+/m1/s1. The molecular weight excluding hydrogens is 656 g/mol. The molecule has 4 rings (SSSR count). The van der Waals surface area contributed by atoms with E-state index in [0.29, 0.717) is 30.9 Å². The third-order valence-electron chi connectivity index (χ3n) is 7.49. The van der Waals surface area contributed by atoms with Crippen molar-refractivity contribution in [1.82, 2.24) is 21.4 Å². The van der Waals surface area contributed by atoms with E-state index in [1.54, 1.807) is 45.0 Å². The monoisotopic (exact) mass is 700 g/mol. The zero-order valence-electron chi connectivity index (χ0n) is 28.8. The molecule has 0 aliphatic carbocycles. The van der Waals surface area contributed by atoms with Gasteiger partial charge in [-0.1, -0.05) is 72.8 Å². The van der Waals surface area contributed by atoms with Crippen LogP contribution in [0.4, 0.5) is 0 Å². The van der Waals surface area contributed by atoms with Gasteiger partial charge in [-0.2, -0.15) is 0 Å². The lowest BCUT2D eigenvalue weighted by molar-refractivity contribution is -0.145. The molecule has 0 spiro atoms. The van der Waals surface area contributed by atoms with E-state index in [0.717, 1.165) is 11.1 Å². The number of carbonyl (C=O) groups excluding carboxylic acids is 4. The number of rotatable bonds is 18. The molecule has 0 aromatic heterocycles. The summed E-state index contributed by atoms with van der Waals surface area (Å²) in [6.45, 7) is 6.04. The smallest absolute Gasteiger partial charge is 0.352 e. The lowest BCUT2D eigenvalue weighted by Gasteiger charge is -2.20. The molecule has 270 valence electrons. The molecule has 3 aromatic rings. The number of hydrogen-bond acceptors (Lipinski definition) is 8. The number of nitrogens with one attached hydrogen (secondary N) is 4. The lowest BCUT2D eigenvalue weighted by Crippen LogP contribution is -2.49. The number of ether oxygens (including phenoxy) is 2. The van der Waals surface area contributed by atoms with Gasteiger partial charge in [-0.25, -0.2) is 10.3 Å². The molecule has 1 aliphatic heterocycles. The summed E-state index contributed by atoms with van der Waals surface area (Å²) in [6, 6.07) is 24.8. The summed E-state index contributed by atoms with van der Waals surface area (Å²) in [5, 5.41) is 17.5. The molecule has 5 N–H and O–H groups in total. The number of carboxylic acid groups (broad SMARTS) is 1. The van der Waals surface area contributed by atoms with Crippen molar-refractivity contribution in [2.45, 2.75) is 76.9 Å². The van der Waals surface area contributed by atoms with Crippen LogP contribution in [0.1, 0.15) is 56.7 Å². The van der Waals surface area contributed by atoms with Crippen LogP contribution in [0.5, 0.6) is 5.75 Å². The largest absolute Gasteiger partial charge is 0.489 e. The van der Waals surface area contributed by atoms with Crippen molar-refractivity contribution < 1.29 is 43.4 Å². The first kappa shape index (κ1) is 38.3. The minimum Gasteiger partial charge on any atom is -0.489 e. The Kier molecular flexibility index (Phi) is 13.9. The Bertz CT molecular complexity index is 1670. The van der Waals surface area contributed by atoms with Crippen LogP contribution in [-0.2, 0) is 46.6 Å². The molecule has 1 saturated heterocycles. The zero-order valence-corrected chi connectivity index (χ0v) is 28.8. The highest BCUT2D eigenvalue weighted by molar-refractivity contribution is 6.02. The molecule has 13 nitrogen and oxygen atoms in total. The first-order valence-electron chi connectivity index (χ1n) is 16.6. The van der Waals surface area contributed by atoms with Crippen molar-refractivity contribution in [2.24, 2.45) is 0 Å². The Morgan fingerprint density at radius 1 is 0.863 bits per heavy atom. The molecule has 0 bridgehead atoms. The summed E-state index contributed by atoms with van der Waals surface area (Å²) < 4.78 is 11.1. The molecule has 3 aromatic carbocycles. The third kappa shape index (κ3) is 13.4. The van der Waals surface area contributed by atoms with E-state index < -0.39 is 53.2 Å². The topological polar surface area (TPSA) is 185 Å². The van der Waals surface area contributed by atoms with Crippen LogP contribution in [0, 0.1) is 0 Å². The fraction of sp³-hybridized carbons (Fsp3) is 0.342. The van der Waals surface area contributed by atoms with Crippen molar-refractivity contribution in [1.29, 1.82) is 0 Å². The van der Waals surface area contributed by atoms with E-state index >= 15 is 0 Å². The Labute approximate surface area is 296 Å². The van der Waals surface area contributed by atoms with Crippen LogP contribution in [0.15, 0.2) is 90.6 Å². The van der Waals surface area contributed by atoms with Gasteiger partial charge < -0.3 is 30.5 Å². The second-order valence-electron chi connectivity index (χ2n) is 12.9. The van der Waals surface area contributed by atoms with Gasteiger partial charge in [0.1, 0.15) is 24.1 Å². The van der Waals surface area contributed by atoms with Gasteiger partial charge in [-0.15, -0.1) is 0 Å². The second kappa shape index (κ2) is 18.5. The molecule has 1 aliphatic rings. The Hall–Kier alpha value is -5.53. The normalized spacial score (nSPS) is 15.9. The minimum atomic E-state index is -1.39. The van der Waals surface area contributed by atoms with Crippen LogP contribution in [0.2, 0.25) is 0 Å². The molecule has 13 heteroatoms. The predicted octanol–water partition coefficient (Wildman–Crippen LogP) is 3.44. The van der Waals surface area contributed by atoms with Gasteiger partial charge in [0.2, 0.25) is 11.8 Å². The highest BCUT2D eigenvalue weighted by atomic mass is 16.7. The summed E-state index contributed by atoms with van der Waals surface area (Å²) >= 11 is 0. The maximum absolute atomic E-state index is 13.1. The van der Waals surface area contributed by atoms with E-state index in [2.05, 4.69) is 21.4 Å². The Morgan fingerprint density at radius 3 is 2.12 bits per heavy atom.